The summed E-state index contributed by atoms with van der Waals surface area (Å²) in [7, 11) is 0. The average molecular weight is 490 g/mol. The fraction of sp³-hybridized carbons (Fsp3) is 0.769. The van der Waals surface area contributed by atoms with Gasteiger partial charge < -0.3 is 9.84 Å². The smallest absolute Gasteiger partial charge is 0.132 e. The highest BCUT2D eigenvalue weighted by atomic mass is 35.5. The number of halogens is 2. The molecule has 4 nitrogen and oxygen atoms in total. The largest absolute Gasteiger partial charge is 0.391 e. The number of rotatable bonds is 11. The molecule has 1 fully saturated rings. The highest BCUT2D eigenvalue weighted by molar-refractivity contribution is 6.18. The van der Waals surface area contributed by atoms with Gasteiger partial charge in [-0.15, -0.1) is 41.5 Å². The number of epoxide rings is 1. The third-order valence-corrected chi connectivity index (χ3v) is 5.29. The third kappa shape index (κ3) is 19.6. The summed E-state index contributed by atoms with van der Waals surface area (Å²) < 4.78 is 5.19. The van der Waals surface area contributed by atoms with Crippen LogP contribution in [0.25, 0.3) is 0 Å². The molecule has 0 amide bonds. The van der Waals surface area contributed by atoms with Gasteiger partial charge in [0.1, 0.15) is 11.6 Å². The van der Waals surface area contributed by atoms with E-state index in [0.29, 0.717) is 12.3 Å². The standard InChI is InChI=1S/C13H21ClO2.C7H12O2.C6H9Cl/c1-11(15)10-12(16)13(2,3)8-6-4-5-7-9-14;1-5(8)4-6-7(2,3)9-6;1-2-3-4-5-6-7/h12,16H,4-5,7,9-10H2,1-3H3;6H,4H2,1-3H3;1H,3-6H2/t12-;6-;/m00./s1. The van der Waals surface area contributed by atoms with Crippen LogP contribution in [0.4, 0.5) is 0 Å². The van der Waals surface area contributed by atoms with Gasteiger partial charge in [0.15, 0.2) is 0 Å². The quantitative estimate of drug-likeness (QED) is 0.169. The van der Waals surface area contributed by atoms with Crippen molar-refractivity contribution in [1.82, 2.24) is 0 Å². The van der Waals surface area contributed by atoms with Gasteiger partial charge >= 0.3 is 0 Å². The van der Waals surface area contributed by atoms with E-state index in [4.69, 9.17) is 34.4 Å². The lowest BCUT2D eigenvalue weighted by Gasteiger charge is -2.23. The summed E-state index contributed by atoms with van der Waals surface area (Å²) in [6, 6.07) is 0. The van der Waals surface area contributed by atoms with Crippen molar-refractivity contribution in [3.8, 4) is 24.2 Å². The summed E-state index contributed by atoms with van der Waals surface area (Å²) in [5.74, 6) is 10.2. The van der Waals surface area contributed by atoms with Crippen LogP contribution in [0.3, 0.4) is 0 Å². The van der Waals surface area contributed by atoms with Gasteiger partial charge in [-0.25, -0.2) is 0 Å². The maximum atomic E-state index is 10.9. The zero-order chi connectivity index (χ0) is 25.2. The molecule has 1 rings (SSSR count). The van der Waals surface area contributed by atoms with Gasteiger partial charge in [0, 0.05) is 37.4 Å². The Bertz CT molecular complexity index is 638. The molecule has 0 saturated carbocycles. The first-order valence-corrected chi connectivity index (χ1v) is 12.3. The van der Waals surface area contributed by atoms with Crippen molar-refractivity contribution in [3.05, 3.63) is 0 Å². The fourth-order valence-electron chi connectivity index (χ4n) is 2.41. The fourth-order valence-corrected chi connectivity index (χ4v) is 2.79. The molecular weight excluding hydrogens is 447 g/mol. The van der Waals surface area contributed by atoms with Gasteiger partial charge in [0.25, 0.3) is 0 Å². The number of unbranched alkanes of at least 4 members (excludes halogenated alkanes) is 4. The molecule has 1 N–H and O–H groups in total. The van der Waals surface area contributed by atoms with E-state index >= 15 is 0 Å². The van der Waals surface area contributed by atoms with Gasteiger partial charge in [-0.2, -0.15) is 0 Å². The van der Waals surface area contributed by atoms with Crippen LogP contribution in [0.15, 0.2) is 0 Å². The first-order chi connectivity index (χ1) is 14.8. The van der Waals surface area contributed by atoms with Gasteiger partial charge in [-0.3, -0.25) is 9.59 Å². The maximum absolute atomic E-state index is 10.9. The normalized spacial score (nSPS) is 16.6. The van der Waals surface area contributed by atoms with Gasteiger partial charge in [0.2, 0.25) is 0 Å². The van der Waals surface area contributed by atoms with Crippen molar-refractivity contribution in [2.24, 2.45) is 5.41 Å². The number of ketones is 2. The second-order valence-electron chi connectivity index (χ2n) is 9.06. The summed E-state index contributed by atoms with van der Waals surface area (Å²) in [5, 5.41) is 9.81. The Morgan fingerprint density at radius 3 is 1.91 bits per heavy atom. The highest BCUT2D eigenvalue weighted by Crippen LogP contribution is 2.37. The topological polar surface area (TPSA) is 66.9 Å². The minimum absolute atomic E-state index is 0.00971. The first kappa shape index (κ1) is 33.1. The third-order valence-electron chi connectivity index (χ3n) is 4.75. The Hall–Kier alpha value is -1.04. The molecule has 0 bridgehead atoms. The molecule has 184 valence electrons. The van der Waals surface area contributed by atoms with Crippen molar-refractivity contribution in [1.29, 1.82) is 0 Å². The number of alkyl halides is 2. The van der Waals surface area contributed by atoms with E-state index in [2.05, 4.69) is 17.8 Å². The Balaban J connectivity index is 0. The van der Waals surface area contributed by atoms with E-state index < -0.39 is 11.5 Å². The van der Waals surface area contributed by atoms with E-state index in [9.17, 15) is 14.7 Å². The van der Waals surface area contributed by atoms with Crippen LogP contribution in [0.2, 0.25) is 0 Å². The molecular formula is C26H42Cl2O4. The zero-order valence-corrected chi connectivity index (χ0v) is 22.2. The molecule has 0 aromatic carbocycles. The number of hydrogen-bond donors (Lipinski definition) is 1. The molecule has 2 atom stereocenters. The number of aliphatic hydroxyl groups is 1. The summed E-state index contributed by atoms with van der Waals surface area (Å²) in [5.41, 5.74) is -0.543. The number of hydrogen-bond acceptors (Lipinski definition) is 4. The Kier molecular flexibility index (Phi) is 19.0. The molecule has 0 aromatic rings. The van der Waals surface area contributed by atoms with Crippen LogP contribution in [-0.4, -0.2) is 46.2 Å². The van der Waals surface area contributed by atoms with E-state index in [1.807, 2.05) is 27.7 Å². The predicted molar refractivity (Wildman–Crippen MR) is 135 cm³/mol. The average Bonchev–Trinajstić information content (AvgIpc) is 3.27. The van der Waals surface area contributed by atoms with Crippen LogP contribution in [-0.2, 0) is 14.3 Å². The molecule has 6 heteroatoms. The van der Waals surface area contributed by atoms with Crippen molar-refractivity contribution < 1.29 is 19.4 Å². The van der Waals surface area contributed by atoms with Crippen molar-refractivity contribution >= 4 is 34.8 Å². The van der Waals surface area contributed by atoms with Crippen LogP contribution in [0.1, 0.15) is 92.9 Å². The number of carbonyl (C=O) groups excluding carboxylic acids is 2. The number of aliphatic hydroxyl groups excluding tert-OH is 1. The van der Waals surface area contributed by atoms with Crippen LogP contribution >= 0.6 is 23.2 Å². The molecule has 1 saturated heterocycles. The minimum Gasteiger partial charge on any atom is -0.391 e. The molecule has 1 aliphatic rings. The lowest BCUT2D eigenvalue weighted by atomic mass is 9.84. The summed E-state index contributed by atoms with van der Waals surface area (Å²) >= 11 is 10.9. The zero-order valence-electron chi connectivity index (χ0n) is 20.7. The number of Topliss-reactive ketones (excluding diaryl/α,β-unsaturated/α-hetero) is 2. The van der Waals surface area contributed by atoms with Crippen molar-refractivity contribution in [3.63, 3.8) is 0 Å². The van der Waals surface area contributed by atoms with Gasteiger partial charge in [-0.1, -0.05) is 5.92 Å². The van der Waals surface area contributed by atoms with Crippen molar-refractivity contribution in [2.45, 2.75) is 111 Å². The minimum atomic E-state index is -0.689. The monoisotopic (exact) mass is 488 g/mol. The van der Waals surface area contributed by atoms with Crippen LogP contribution < -0.4 is 0 Å². The second-order valence-corrected chi connectivity index (χ2v) is 9.81. The summed E-state index contributed by atoms with van der Waals surface area (Å²) in [6.45, 7) is 10.8. The lowest BCUT2D eigenvalue weighted by Crippen LogP contribution is -2.29. The number of terminal acetylenes is 1. The van der Waals surface area contributed by atoms with Gasteiger partial charge in [-0.05, 0) is 67.2 Å². The van der Waals surface area contributed by atoms with E-state index in [1.54, 1.807) is 6.92 Å². The molecule has 1 heterocycles. The lowest BCUT2D eigenvalue weighted by molar-refractivity contribution is -0.120. The van der Waals surface area contributed by atoms with Crippen LogP contribution in [0, 0.1) is 29.6 Å². The van der Waals surface area contributed by atoms with E-state index in [0.717, 1.165) is 44.4 Å². The Labute approximate surface area is 206 Å². The number of ether oxygens (including phenoxy) is 1. The Morgan fingerprint density at radius 1 is 1.06 bits per heavy atom. The highest BCUT2D eigenvalue weighted by Gasteiger charge is 2.47. The molecule has 1 aliphatic heterocycles. The molecule has 32 heavy (non-hydrogen) atoms. The SMILES string of the molecule is C#CCCCCCl.CC(=O)C[C@@H]1OC1(C)C.CC(=O)C[C@H](O)C(C)(C)C#CCCCCCl. The van der Waals surface area contributed by atoms with Gasteiger partial charge in [0.05, 0.1) is 23.2 Å². The first-order valence-electron chi connectivity index (χ1n) is 11.2. The predicted octanol–water partition coefficient (Wildman–Crippen LogP) is 5.94. The molecule has 0 radical (unpaired) electrons. The maximum Gasteiger partial charge on any atom is 0.132 e. The van der Waals surface area contributed by atoms with E-state index in [1.165, 1.54) is 6.92 Å². The molecule has 0 aliphatic carbocycles. The summed E-state index contributed by atoms with van der Waals surface area (Å²) in [4.78, 5) is 21.4. The van der Waals surface area contributed by atoms with E-state index in [-0.39, 0.29) is 29.7 Å². The van der Waals surface area contributed by atoms with Crippen LogP contribution in [0.5, 0.6) is 0 Å². The molecule has 0 spiro atoms. The second kappa shape index (κ2) is 18.4. The summed E-state index contributed by atoms with van der Waals surface area (Å²) in [6.07, 6.45) is 10.9. The Morgan fingerprint density at radius 2 is 1.56 bits per heavy atom. The molecule has 0 unspecified atom stereocenters. The van der Waals surface area contributed by atoms with Crippen molar-refractivity contribution in [2.75, 3.05) is 11.8 Å². The molecule has 0 aromatic heterocycles. The number of carbonyl (C=O) groups is 2.